The van der Waals surface area contributed by atoms with Crippen LogP contribution in [0.4, 0.5) is 5.95 Å². The fraction of sp³-hybridized carbons (Fsp3) is 0.444. The van der Waals surface area contributed by atoms with Crippen molar-refractivity contribution >= 4 is 11.9 Å². The SMILES string of the molecule is Nc1nc(O)c(CCCC(O)C(=O)O)c(=O)[nH]1. The van der Waals surface area contributed by atoms with Gasteiger partial charge in [0.15, 0.2) is 6.10 Å². The number of aliphatic hydroxyl groups excluding tert-OH is 1. The molecule has 1 atom stereocenters. The first kappa shape index (κ1) is 13.0. The molecule has 94 valence electrons. The van der Waals surface area contributed by atoms with E-state index >= 15 is 0 Å². The minimum atomic E-state index is -1.47. The molecule has 0 aliphatic rings. The number of carboxylic acids is 1. The van der Waals surface area contributed by atoms with E-state index in [-0.39, 0.29) is 30.8 Å². The highest BCUT2D eigenvalue weighted by atomic mass is 16.4. The van der Waals surface area contributed by atoms with Crippen molar-refractivity contribution in [1.29, 1.82) is 0 Å². The molecule has 0 aliphatic heterocycles. The number of nitrogen functional groups attached to an aromatic ring is 1. The van der Waals surface area contributed by atoms with Crippen LogP contribution in [0.2, 0.25) is 0 Å². The fourth-order valence-corrected chi connectivity index (χ4v) is 1.32. The standard InChI is InChI=1S/C9H13N3O5/c10-9-11-6(14)4(7(15)12-9)2-1-3-5(13)8(16)17/h5,13H,1-3H2,(H,16,17)(H4,10,11,12,14,15). The van der Waals surface area contributed by atoms with Crippen molar-refractivity contribution in [3.63, 3.8) is 0 Å². The lowest BCUT2D eigenvalue weighted by Gasteiger charge is -2.05. The van der Waals surface area contributed by atoms with Crippen LogP contribution in [0.3, 0.4) is 0 Å². The van der Waals surface area contributed by atoms with E-state index in [4.69, 9.17) is 15.9 Å². The van der Waals surface area contributed by atoms with Gasteiger partial charge in [-0.15, -0.1) is 0 Å². The molecule has 1 rings (SSSR count). The van der Waals surface area contributed by atoms with E-state index < -0.39 is 23.5 Å². The largest absolute Gasteiger partial charge is 0.493 e. The third kappa shape index (κ3) is 3.45. The Balaban J connectivity index is 2.64. The molecule has 0 fully saturated rings. The molecule has 0 amide bonds. The van der Waals surface area contributed by atoms with Crippen LogP contribution in [-0.4, -0.2) is 37.4 Å². The van der Waals surface area contributed by atoms with Crippen molar-refractivity contribution in [3.05, 3.63) is 15.9 Å². The molecule has 1 aromatic heterocycles. The highest BCUT2D eigenvalue weighted by molar-refractivity contribution is 5.71. The number of hydrogen-bond acceptors (Lipinski definition) is 6. The molecule has 0 aliphatic carbocycles. The normalized spacial score (nSPS) is 12.3. The topological polar surface area (TPSA) is 150 Å². The van der Waals surface area contributed by atoms with Crippen LogP contribution in [-0.2, 0) is 11.2 Å². The number of nitrogens with two attached hydrogens (primary N) is 1. The van der Waals surface area contributed by atoms with E-state index in [0.717, 1.165) is 0 Å². The molecule has 8 heteroatoms. The van der Waals surface area contributed by atoms with Gasteiger partial charge in [-0.25, -0.2) is 4.79 Å². The molecule has 0 spiro atoms. The number of aromatic amines is 1. The molecule has 0 bridgehead atoms. The Hall–Kier alpha value is -2.09. The molecule has 17 heavy (non-hydrogen) atoms. The summed E-state index contributed by atoms with van der Waals surface area (Å²) in [6.07, 6.45) is -1.15. The summed E-state index contributed by atoms with van der Waals surface area (Å²) in [5.74, 6) is -1.99. The van der Waals surface area contributed by atoms with Crippen molar-refractivity contribution in [3.8, 4) is 5.88 Å². The Morgan fingerprint density at radius 3 is 2.71 bits per heavy atom. The first-order valence-corrected chi connectivity index (χ1v) is 4.90. The van der Waals surface area contributed by atoms with E-state index in [1.54, 1.807) is 0 Å². The van der Waals surface area contributed by atoms with Crippen LogP contribution in [0.5, 0.6) is 5.88 Å². The van der Waals surface area contributed by atoms with E-state index in [0.29, 0.717) is 0 Å². The van der Waals surface area contributed by atoms with Gasteiger partial charge in [-0.1, -0.05) is 0 Å². The van der Waals surface area contributed by atoms with E-state index in [1.165, 1.54) is 0 Å². The zero-order valence-electron chi connectivity index (χ0n) is 8.88. The number of H-pyrrole nitrogens is 1. The van der Waals surface area contributed by atoms with Gasteiger partial charge in [0.25, 0.3) is 5.56 Å². The van der Waals surface area contributed by atoms with Crippen LogP contribution in [0.25, 0.3) is 0 Å². The van der Waals surface area contributed by atoms with Crippen LogP contribution in [0.1, 0.15) is 18.4 Å². The van der Waals surface area contributed by atoms with Crippen molar-refractivity contribution in [1.82, 2.24) is 9.97 Å². The number of nitrogens with one attached hydrogen (secondary N) is 1. The molecule has 6 N–H and O–H groups in total. The van der Waals surface area contributed by atoms with E-state index in [2.05, 4.69) is 9.97 Å². The van der Waals surface area contributed by atoms with Crippen molar-refractivity contribution in [2.24, 2.45) is 0 Å². The molecule has 0 aromatic carbocycles. The number of aliphatic carboxylic acids is 1. The average Bonchev–Trinajstić information content (AvgIpc) is 2.21. The number of nitrogens with zero attached hydrogens (tertiary/aromatic N) is 1. The number of aliphatic hydroxyl groups is 1. The summed E-state index contributed by atoms with van der Waals surface area (Å²) in [6, 6.07) is 0. The summed E-state index contributed by atoms with van der Waals surface area (Å²) in [6.45, 7) is 0. The van der Waals surface area contributed by atoms with Gasteiger partial charge in [0, 0.05) is 0 Å². The molecular weight excluding hydrogens is 230 g/mol. The maximum Gasteiger partial charge on any atom is 0.332 e. The lowest BCUT2D eigenvalue weighted by molar-refractivity contribution is -0.146. The summed E-state index contributed by atoms with van der Waals surface area (Å²) in [4.78, 5) is 27.4. The number of aromatic hydroxyl groups is 1. The van der Waals surface area contributed by atoms with E-state index in [9.17, 15) is 14.7 Å². The third-order valence-electron chi connectivity index (χ3n) is 2.20. The zero-order valence-corrected chi connectivity index (χ0v) is 8.88. The van der Waals surface area contributed by atoms with Crippen LogP contribution in [0.15, 0.2) is 4.79 Å². The molecular formula is C9H13N3O5. The van der Waals surface area contributed by atoms with Gasteiger partial charge in [-0.05, 0) is 19.3 Å². The number of hydrogen-bond donors (Lipinski definition) is 5. The van der Waals surface area contributed by atoms with Gasteiger partial charge >= 0.3 is 5.97 Å². The van der Waals surface area contributed by atoms with Crippen molar-refractivity contribution in [2.45, 2.75) is 25.4 Å². The average molecular weight is 243 g/mol. The molecule has 1 aromatic rings. The predicted octanol–water partition coefficient (Wildman–Crippen LogP) is -1.17. The first-order valence-electron chi connectivity index (χ1n) is 4.90. The Morgan fingerprint density at radius 1 is 1.53 bits per heavy atom. The monoisotopic (exact) mass is 243 g/mol. The molecule has 1 heterocycles. The lowest BCUT2D eigenvalue weighted by atomic mass is 10.1. The van der Waals surface area contributed by atoms with Gasteiger partial charge in [0.1, 0.15) is 0 Å². The first-order chi connectivity index (χ1) is 7.91. The lowest BCUT2D eigenvalue weighted by Crippen LogP contribution is -2.20. The van der Waals surface area contributed by atoms with Gasteiger partial charge in [0.05, 0.1) is 5.56 Å². The van der Waals surface area contributed by atoms with E-state index in [1.807, 2.05) is 0 Å². The maximum atomic E-state index is 11.4. The molecule has 0 saturated carbocycles. The zero-order chi connectivity index (χ0) is 13.0. The summed E-state index contributed by atoms with van der Waals surface area (Å²) in [5, 5.41) is 26.8. The Bertz CT molecular complexity index is 470. The number of rotatable bonds is 5. The quantitative estimate of drug-likeness (QED) is 0.437. The number of carboxylic acid groups (broad SMARTS) is 1. The fourth-order valence-electron chi connectivity index (χ4n) is 1.32. The van der Waals surface area contributed by atoms with Crippen LogP contribution in [0, 0.1) is 0 Å². The number of anilines is 1. The van der Waals surface area contributed by atoms with Gasteiger partial charge < -0.3 is 21.1 Å². The predicted molar refractivity (Wildman–Crippen MR) is 57.5 cm³/mol. The summed E-state index contributed by atoms with van der Waals surface area (Å²) in [5.41, 5.74) is 4.66. The second-order valence-corrected chi connectivity index (χ2v) is 3.50. The molecule has 1 unspecified atom stereocenters. The van der Waals surface area contributed by atoms with Crippen molar-refractivity contribution < 1.29 is 20.1 Å². The van der Waals surface area contributed by atoms with Gasteiger partial charge in [-0.2, -0.15) is 4.98 Å². The smallest absolute Gasteiger partial charge is 0.332 e. The van der Waals surface area contributed by atoms with Gasteiger partial charge in [-0.3, -0.25) is 9.78 Å². The van der Waals surface area contributed by atoms with Crippen LogP contribution >= 0.6 is 0 Å². The second kappa shape index (κ2) is 5.30. The minimum Gasteiger partial charge on any atom is -0.493 e. The third-order valence-corrected chi connectivity index (χ3v) is 2.20. The Kier molecular flexibility index (Phi) is 4.05. The summed E-state index contributed by atoms with van der Waals surface area (Å²) >= 11 is 0. The van der Waals surface area contributed by atoms with Gasteiger partial charge in [0.2, 0.25) is 11.8 Å². The summed E-state index contributed by atoms with van der Waals surface area (Å²) < 4.78 is 0. The van der Waals surface area contributed by atoms with Crippen molar-refractivity contribution in [2.75, 3.05) is 5.73 Å². The Labute approximate surface area is 95.7 Å². The Morgan fingerprint density at radius 2 is 2.18 bits per heavy atom. The molecule has 0 saturated heterocycles. The molecule has 8 nitrogen and oxygen atoms in total. The highest BCUT2D eigenvalue weighted by Crippen LogP contribution is 2.12. The molecule has 0 radical (unpaired) electrons. The summed E-state index contributed by atoms with van der Waals surface area (Å²) in [7, 11) is 0. The number of carbonyl (C=O) groups is 1. The maximum absolute atomic E-state index is 11.4. The minimum absolute atomic E-state index is 0.0153. The highest BCUT2D eigenvalue weighted by Gasteiger charge is 2.14. The van der Waals surface area contributed by atoms with Crippen LogP contribution < -0.4 is 11.3 Å². The number of aromatic nitrogens is 2. The second-order valence-electron chi connectivity index (χ2n) is 3.50.